The van der Waals surface area contributed by atoms with Gasteiger partial charge in [-0.15, -0.1) is 0 Å². The van der Waals surface area contributed by atoms with Gasteiger partial charge < -0.3 is 14.7 Å². The lowest BCUT2D eigenvalue weighted by molar-refractivity contribution is -0.138. The van der Waals surface area contributed by atoms with Crippen molar-refractivity contribution in [3.8, 4) is 0 Å². The lowest BCUT2D eigenvalue weighted by Crippen LogP contribution is -2.44. The van der Waals surface area contributed by atoms with E-state index >= 15 is 0 Å². The predicted molar refractivity (Wildman–Crippen MR) is 87.1 cm³/mol. The van der Waals surface area contributed by atoms with E-state index < -0.39 is 11.6 Å². The number of amides is 1. The van der Waals surface area contributed by atoms with Crippen LogP contribution in [0.3, 0.4) is 0 Å². The summed E-state index contributed by atoms with van der Waals surface area (Å²) in [5, 5.41) is 9.05. The molecule has 1 fully saturated rings. The third-order valence-corrected chi connectivity index (χ3v) is 3.99. The third kappa shape index (κ3) is 4.98. The Balaban J connectivity index is 2.19. The van der Waals surface area contributed by atoms with Gasteiger partial charge in [0.25, 0.3) is 0 Å². The van der Waals surface area contributed by atoms with Crippen molar-refractivity contribution in [2.75, 3.05) is 6.54 Å². The molecular weight excluding hydrogens is 294 g/mol. The summed E-state index contributed by atoms with van der Waals surface area (Å²) in [5.74, 6) is -0.705. The Labute approximate surface area is 137 Å². The monoisotopic (exact) mass is 319 g/mol. The van der Waals surface area contributed by atoms with E-state index in [1.165, 1.54) is 0 Å². The molecule has 5 heteroatoms. The summed E-state index contributed by atoms with van der Waals surface area (Å²) < 4.78 is 5.52. The molecule has 1 N–H and O–H groups in total. The zero-order valence-electron chi connectivity index (χ0n) is 14.0. The highest BCUT2D eigenvalue weighted by Crippen LogP contribution is 2.36. The van der Waals surface area contributed by atoms with Gasteiger partial charge in [-0.3, -0.25) is 4.79 Å². The minimum absolute atomic E-state index is 0.0800. The molecule has 0 radical (unpaired) electrons. The molecule has 0 saturated carbocycles. The maximum absolute atomic E-state index is 12.5. The second kappa shape index (κ2) is 7.02. The molecule has 1 aliphatic heterocycles. The molecule has 0 aliphatic carbocycles. The average Bonchev–Trinajstić information content (AvgIpc) is 2.45. The SMILES string of the molecule is CC(C)(C)OC(=O)N1CCC(CC(=O)O)CC1c1ccccc1. The van der Waals surface area contributed by atoms with Gasteiger partial charge in [0.2, 0.25) is 0 Å². The molecule has 0 spiro atoms. The van der Waals surface area contributed by atoms with Gasteiger partial charge in [0.1, 0.15) is 5.60 Å². The first-order valence-electron chi connectivity index (χ1n) is 8.02. The Morgan fingerprint density at radius 1 is 1.26 bits per heavy atom. The summed E-state index contributed by atoms with van der Waals surface area (Å²) in [4.78, 5) is 25.3. The predicted octanol–water partition coefficient (Wildman–Crippen LogP) is 3.85. The molecule has 5 nitrogen and oxygen atoms in total. The number of carboxylic acid groups (broad SMARTS) is 1. The number of carbonyl (C=O) groups excluding carboxylic acids is 1. The molecule has 2 unspecified atom stereocenters. The second-order valence-electron chi connectivity index (χ2n) is 7.09. The van der Waals surface area contributed by atoms with Crippen LogP contribution in [-0.4, -0.2) is 34.2 Å². The van der Waals surface area contributed by atoms with Gasteiger partial charge in [0, 0.05) is 13.0 Å². The van der Waals surface area contributed by atoms with Gasteiger partial charge in [0.05, 0.1) is 6.04 Å². The fraction of sp³-hybridized carbons (Fsp3) is 0.556. The molecule has 2 atom stereocenters. The van der Waals surface area contributed by atoms with Crippen LogP contribution in [0.25, 0.3) is 0 Å². The van der Waals surface area contributed by atoms with Crippen LogP contribution in [0.5, 0.6) is 0 Å². The number of likely N-dealkylation sites (tertiary alicyclic amines) is 1. The summed E-state index contributed by atoms with van der Waals surface area (Å²) in [6.07, 6.45) is 1.15. The number of carboxylic acids is 1. The molecule has 0 bridgehead atoms. The minimum Gasteiger partial charge on any atom is -0.481 e. The Morgan fingerprint density at radius 2 is 1.91 bits per heavy atom. The molecule has 1 amide bonds. The molecule has 1 aromatic rings. The largest absolute Gasteiger partial charge is 0.481 e. The highest BCUT2D eigenvalue weighted by molar-refractivity contribution is 5.69. The summed E-state index contributed by atoms with van der Waals surface area (Å²) >= 11 is 0. The lowest BCUT2D eigenvalue weighted by Gasteiger charge is -2.40. The van der Waals surface area contributed by atoms with Crippen molar-refractivity contribution in [1.82, 2.24) is 4.90 Å². The van der Waals surface area contributed by atoms with Gasteiger partial charge in [-0.25, -0.2) is 4.79 Å². The fourth-order valence-corrected chi connectivity index (χ4v) is 3.00. The quantitative estimate of drug-likeness (QED) is 0.919. The van der Waals surface area contributed by atoms with Crippen molar-refractivity contribution in [3.63, 3.8) is 0 Å². The Kier molecular flexibility index (Phi) is 5.29. The number of aliphatic carboxylic acids is 1. The molecule has 1 aliphatic rings. The van der Waals surface area contributed by atoms with Crippen molar-refractivity contribution in [3.05, 3.63) is 35.9 Å². The molecule has 2 rings (SSSR count). The number of hydrogen-bond donors (Lipinski definition) is 1. The number of carbonyl (C=O) groups is 2. The number of nitrogens with zero attached hydrogens (tertiary/aromatic N) is 1. The summed E-state index contributed by atoms with van der Waals surface area (Å²) in [7, 11) is 0. The Bertz CT molecular complexity index is 550. The van der Waals surface area contributed by atoms with E-state index in [1.807, 2.05) is 51.1 Å². The van der Waals surface area contributed by atoms with Crippen LogP contribution in [0.1, 0.15) is 51.6 Å². The molecule has 1 saturated heterocycles. The van der Waals surface area contributed by atoms with Crippen molar-refractivity contribution >= 4 is 12.1 Å². The van der Waals surface area contributed by atoms with E-state index in [4.69, 9.17) is 9.84 Å². The van der Waals surface area contributed by atoms with Crippen molar-refractivity contribution in [1.29, 1.82) is 0 Å². The number of rotatable bonds is 3. The minimum atomic E-state index is -0.785. The van der Waals surface area contributed by atoms with E-state index in [2.05, 4.69) is 0 Å². The topological polar surface area (TPSA) is 66.8 Å². The number of benzene rings is 1. The van der Waals surface area contributed by atoms with Crippen molar-refractivity contribution in [2.45, 2.75) is 51.7 Å². The van der Waals surface area contributed by atoms with Crippen LogP contribution in [0.2, 0.25) is 0 Å². The molecule has 23 heavy (non-hydrogen) atoms. The summed E-state index contributed by atoms with van der Waals surface area (Å²) in [6, 6.07) is 9.62. The highest BCUT2D eigenvalue weighted by Gasteiger charge is 2.35. The lowest BCUT2D eigenvalue weighted by atomic mass is 9.85. The fourth-order valence-electron chi connectivity index (χ4n) is 3.00. The van der Waals surface area contributed by atoms with E-state index in [9.17, 15) is 9.59 Å². The molecule has 1 aromatic carbocycles. The Morgan fingerprint density at radius 3 is 2.48 bits per heavy atom. The third-order valence-electron chi connectivity index (χ3n) is 3.99. The van der Waals surface area contributed by atoms with Crippen LogP contribution >= 0.6 is 0 Å². The number of piperidine rings is 1. The van der Waals surface area contributed by atoms with Crippen LogP contribution in [0.4, 0.5) is 4.79 Å². The van der Waals surface area contributed by atoms with Crippen LogP contribution in [-0.2, 0) is 9.53 Å². The van der Waals surface area contributed by atoms with Crippen molar-refractivity contribution < 1.29 is 19.4 Å². The normalized spacial score (nSPS) is 21.8. The van der Waals surface area contributed by atoms with Gasteiger partial charge in [0.15, 0.2) is 0 Å². The first-order chi connectivity index (χ1) is 10.8. The maximum Gasteiger partial charge on any atom is 0.410 e. The smallest absolute Gasteiger partial charge is 0.410 e. The first kappa shape index (κ1) is 17.3. The summed E-state index contributed by atoms with van der Waals surface area (Å²) in [5.41, 5.74) is 0.476. The molecule has 126 valence electrons. The first-order valence-corrected chi connectivity index (χ1v) is 8.02. The highest BCUT2D eigenvalue weighted by atomic mass is 16.6. The van der Waals surface area contributed by atoms with Gasteiger partial charge in [-0.05, 0) is 45.1 Å². The Hall–Kier alpha value is -2.04. The van der Waals surface area contributed by atoms with Crippen molar-refractivity contribution in [2.24, 2.45) is 5.92 Å². The maximum atomic E-state index is 12.5. The zero-order chi connectivity index (χ0) is 17.0. The van der Waals surface area contributed by atoms with E-state index in [0.29, 0.717) is 19.4 Å². The second-order valence-corrected chi connectivity index (χ2v) is 7.09. The average molecular weight is 319 g/mol. The van der Waals surface area contributed by atoms with Gasteiger partial charge in [-0.2, -0.15) is 0 Å². The molecule has 0 aromatic heterocycles. The van der Waals surface area contributed by atoms with E-state index in [-0.39, 0.29) is 24.5 Å². The van der Waals surface area contributed by atoms with E-state index in [0.717, 1.165) is 5.56 Å². The van der Waals surface area contributed by atoms with Gasteiger partial charge >= 0.3 is 12.1 Å². The standard InChI is InChI=1S/C18H25NO4/c1-18(2,3)23-17(22)19-10-9-13(12-16(20)21)11-15(19)14-7-5-4-6-8-14/h4-8,13,15H,9-12H2,1-3H3,(H,20,21). The van der Waals surface area contributed by atoms with E-state index in [1.54, 1.807) is 4.90 Å². The number of hydrogen-bond acceptors (Lipinski definition) is 3. The molecule has 1 heterocycles. The van der Waals surface area contributed by atoms with Crippen LogP contribution in [0.15, 0.2) is 30.3 Å². The van der Waals surface area contributed by atoms with Gasteiger partial charge in [-0.1, -0.05) is 30.3 Å². The zero-order valence-corrected chi connectivity index (χ0v) is 14.0. The number of ether oxygens (including phenoxy) is 1. The van der Waals surface area contributed by atoms with Crippen LogP contribution in [0, 0.1) is 5.92 Å². The molecular formula is C18H25NO4. The van der Waals surface area contributed by atoms with Crippen LogP contribution < -0.4 is 0 Å². The summed E-state index contributed by atoms with van der Waals surface area (Å²) in [6.45, 7) is 6.06.